The van der Waals surface area contributed by atoms with Crippen molar-refractivity contribution in [2.45, 2.75) is 31.2 Å². The molecule has 4 heteroatoms. The molecule has 0 amide bonds. The summed E-state index contributed by atoms with van der Waals surface area (Å²) in [6.07, 6.45) is 0.894. The Morgan fingerprint density at radius 2 is 1.81 bits per heavy atom. The Hall–Kier alpha value is -0.870. The second-order valence-corrected chi connectivity index (χ2v) is 6.18. The second-order valence-electron chi connectivity index (χ2n) is 4.14. The minimum Gasteiger partial charge on any atom is -0.327 e. The Bertz CT molecular complexity index is 414. The molecule has 0 spiro atoms. The highest BCUT2D eigenvalue weighted by atomic mass is 32.2. The Morgan fingerprint density at radius 1 is 1.25 bits per heavy atom. The first-order valence-electron chi connectivity index (χ1n) is 5.50. The lowest BCUT2D eigenvalue weighted by atomic mass is 10.0. The number of sulfone groups is 1. The van der Waals surface area contributed by atoms with E-state index in [1.54, 1.807) is 30.3 Å². The van der Waals surface area contributed by atoms with Crippen molar-refractivity contribution in [3.63, 3.8) is 0 Å². The maximum Gasteiger partial charge on any atom is 0.179 e. The molecule has 16 heavy (non-hydrogen) atoms. The largest absolute Gasteiger partial charge is 0.327 e. The lowest BCUT2D eigenvalue weighted by Crippen LogP contribution is -2.35. The number of nitrogens with two attached hydrogens (primary N) is 1. The topological polar surface area (TPSA) is 60.2 Å². The Morgan fingerprint density at radius 3 is 2.31 bits per heavy atom. The summed E-state index contributed by atoms with van der Waals surface area (Å²) in [5, 5.41) is 0. The van der Waals surface area contributed by atoms with Crippen LogP contribution in [-0.2, 0) is 9.84 Å². The van der Waals surface area contributed by atoms with Gasteiger partial charge in [0.2, 0.25) is 0 Å². The lowest BCUT2D eigenvalue weighted by Gasteiger charge is -2.18. The average molecular weight is 241 g/mol. The van der Waals surface area contributed by atoms with Gasteiger partial charge in [0.25, 0.3) is 0 Å². The van der Waals surface area contributed by atoms with E-state index in [-0.39, 0.29) is 17.7 Å². The minimum atomic E-state index is -3.24. The first-order valence-corrected chi connectivity index (χ1v) is 7.16. The van der Waals surface area contributed by atoms with E-state index >= 15 is 0 Å². The molecule has 1 aromatic rings. The molecule has 0 radical (unpaired) electrons. The van der Waals surface area contributed by atoms with Gasteiger partial charge < -0.3 is 5.73 Å². The third-order valence-corrected chi connectivity index (χ3v) is 4.70. The predicted octanol–water partition coefficient (Wildman–Crippen LogP) is 1.83. The van der Waals surface area contributed by atoms with Crippen LogP contribution in [-0.4, -0.2) is 20.2 Å². The van der Waals surface area contributed by atoms with Crippen molar-refractivity contribution in [1.82, 2.24) is 0 Å². The number of hydrogen-bond donors (Lipinski definition) is 1. The predicted molar refractivity (Wildman–Crippen MR) is 65.9 cm³/mol. The van der Waals surface area contributed by atoms with Crippen molar-refractivity contribution in [3.8, 4) is 0 Å². The standard InChI is InChI=1S/C12H19NO2S/c1-3-10(2)12(13)9-16(14,15)11-7-5-4-6-8-11/h4-8,10,12H,3,9,13H2,1-2H3. The van der Waals surface area contributed by atoms with Crippen LogP contribution >= 0.6 is 0 Å². The fourth-order valence-corrected chi connectivity index (χ4v) is 3.04. The Labute approximate surface area is 97.6 Å². The molecule has 2 N–H and O–H groups in total. The zero-order chi connectivity index (χ0) is 12.2. The Balaban J connectivity index is 2.81. The molecule has 1 rings (SSSR count). The van der Waals surface area contributed by atoms with E-state index in [2.05, 4.69) is 0 Å². The fourth-order valence-electron chi connectivity index (χ4n) is 1.44. The van der Waals surface area contributed by atoms with E-state index in [4.69, 9.17) is 5.73 Å². The molecule has 0 saturated heterocycles. The zero-order valence-corrected chi connectivity index (χ0v) is 10.6. The molecule has 0 bridgehead atoms. The quantitative estimate of drug-likeness (QED) is 0.855. The van der Waals surface area contributed by atoms with Gasteiger partial charge in [0, 0.05) is 6.04 Å². The van der Waals surface area contributed by atoms with E-state index in [1.807, 2.05) is 13.8 Å². The summed E-state index contributed by atoms with van der Waals surface area (Å²) in [4.78, 5) is 0.355. The van der Waals surface area contributed by atoms with E-state index in [0.29, 0.717) is 4.90 Å². The van der Waals surface area contributed by atoms with Gasteiger partial charge in [0.05, 0.1) is 10.6 Å². The molecular weight excluding hydrogens is 222 g/mol. The van der Waals surface area contributed by atoms with Crippen molar-refractivity contribution in [2.75, 3.05) is 5.75 Å². The molecule has 90 valence electrons. The van der Waals surface area contributed by atoms with Gasteiger partial charge in [-0.2, -0.15) is 0 Å². The molecule has 0 aromatic heterocycles. The van der Waals surface area contributed by atoms with Crippen molar-refractivity contribution in [3.05, 3.63) is 30.3 Å². The van der Waals surface area contributed by atoms with Gasteiger partial charge in [-0.3, -0.25) is 0 Å². The molecule has 1 aromatic carbocycles. The van der Waals surface area contributed by atoms with Crippen LogP contribution in [0.4, 0.5) is 0 Å². The molecule has 2 unspecified atom stereocenters. The summed E-state index contributed by atoms with van der Waals surface area (Å²) in [7, 11) is -3.24. The third kappa shape index (κ3) is 3.32. The van der Waals surface area contributed by atoms with Crippen molar-refractivity contribution in [2.24, 2.45) is 11.7 Å². The summed E-state index contributed by atoms with van der Waals surface area (Å²) in [6, 6.07) is 8.17. The highest BCUT2D eigenvalue weighted by Crippen LogP contribution is 2.14. The number of rotatable bonds is 5. The number of hydrogen-bond acceptors (Lipinski definition) is 3. The van der Waals surface area contributed by atoms with Crippen LogP contribution in [0.25, 0.3) is 0 Å². The second kappa shape index (κ2) is 5.46. The van der Waals surface area contributed by atoms with Crippen LogP contribution in [0.1, 0.15) is 20.3 Å². The van der Waals surface area contributed by atoms with Gasteiger partial charge in [-0.15, -0.1) is 0 Å². The van der Waals surface area contributed by atoms with E-state index in [9.17, 15) is 8.42 Å². The third-order valence-electron chi connectivity index (χ3n) is 2.89. The van der Waals surface area contributed by atoms with Gasteiger partial charge in [-0.05, 0) is 18.1 Å². The smallest absolute Gasteiger partial charge is 0.179 e. The lowest BCUT2D eigenvalue weighted by molar-refractivity contribution is 0.466. The fraction of sp³-hybridized carbons (Fsp3) is 0.500. The van der Waals surface area contributed by atoms with Crippen LogP contribution in [0.5, 0.6) is 0 Å². The van der Waals surface area contributed by atoms with Crippen molar-refractivity contribution < 1.29 is 8.42 Å². The summed E-state index contributed by atoms with van der Waals surface area (Å²) in [5.74, 6) is 0.241. The molecule has 3 nitrogen and oxygen atoms in total. The minimum absolute atomic E-state index is 0.0199. The first kappa shape index (κ1) is 13.2. The summed E-state index contributed by atoms with van der Waals surface area (Å²) >= 11 is 0. The van der Waals surface area contributed by atoms with Crippen LogP contribution in [0.3, 0.4) is 0 Å². The zero-order valence-electron chi connectivity index (χ0n) is 9.76. The molecule has 0 aliphatic heterocycles. The summed E-state index contributed by atoms with van der Waals surface area (Å²) in [5.41, 5.74) is 5.87. The Kier molecular flexibility index (Phi) is 4.50. The number of benzene rings is 1. The molecular formula is C12H19NO2S. The van der Waals surface area contributed by atoms with E-state index in [0.717, 1.165) is 6.42 Å². The van der Waals surface area contributed by atoms with Gasteiger partial charge >= 0.3 is 0 Å². The highest BCUT2D eigenvalue weighted by Gasteiger charge is 2.21. The van der Waals surface area contributed by atoms with Crippen LogP contribution in [0.15, 0.2) is 35.2 Å². The van der Waals surface area contributed by atoms with Crippen LogP contribution in [0.2, 0.25) is 0 Å². The van der Waals surface area contributed by atoms with Crippen LogP contribution in [0, 0.1) is 5.92 Å². The maximum absolute atomic E-state index is 12.0. The van der Waals surface area contributed by atoms with Gasteiger partial charge in [0.15, 0.2) is 9.84 Å². The van der Waals surface area contributed by atoms with Crippen molar-refractivity contribution >= 4 is 9.84 Å². The normalized spacial score (nSPS) is 15.7. The first-order chi connectivity index (χ1) is 7.47. The summed E-state index contributed by atoms with van der Waals surface area (Å²) < 4.78 is 24.0. The molecule has 0 saturated carbocycles. The summed E-state index contributed by atoms with van der Waals surface area (Å²) in [6.45, 7) is 3.99. The van der Waals surface area contributed by atoms with Gasteiger partial charge in [-0.1, -0.05) is 38.5 Å². The van der Waals surface area contributed by atoms with Crippen molar-refractivity contribution in [1.29, 1.82) is 0 Å². The molecule has 0 fully saturated rings. The monoisotopic (exact) mass is 241 g/mol. The van der Waals surface area contributed by atoms with Crippen LogP contribution < -0.4 is 5.73 Å². The average Bonchev–Trinajstić information content (AvgIpc) is 2.28. The molecule has 0 heterocycles. The highest BCUT2D eigenvalue weighted by molar-refractivity contribution is 7.91. The molecule has 2 atom stereocenters. The molecule has 0 aliphatic carbocycles. The molecule has 0 aliphatic rings. The van der Waals surface area contributed by atoms with E-state index < -0.39 is 9.84 Å². The van der Waals surface area contributed by atoms with Gasteiger partial charge in [0.1, 0.15) is 0 Å². The SMILES string of the molecule is CCC(C)C(N)CS(=O)(=O)c1ccccc1. The maximum atomic E-state index is 12.0. The van der Waals surface area contributed by atoms with Gasteiger partial charge in [-0.25, -0.2) is 8.42 Å². The van der Waals surface area contributed by atoms with E-state index in [1.165, 1.54) is 0 Å².